The first-order chi connectivity index (χ1) is 7.42. The van der Waals surface area contributed by atoms with Crippen LogP contribution in [-0.2, 0) is 0 Å². The Morgan fingerprint density at radius 1 is 1.33 bits per heavy atom. The van der Waals surface area contributed by atoms with Crippen LogP contribution in [0.15, 0.2) is 47.2 Å². The highest BCUT2D eigenvalue weighted by atomic mass is 16.3. The van der Waals surface area contributed by atoms with Gasteiger partial charge in [-0.3, -0.25) is 0 Å². The molecule has 0 saturated heterocycles. The van der Waals surface area contributed by atoms with Gasteiger partial charge in [-0.15, -0.1) is 0 Å². The van der Waals surface area contributed by atoms with Crippen molar-refractivity contribution in [2.75, 3.05) is 6.54 Å². The molecule has 1 aromatic carbocycles. The van der Waals surface area contributed by atoms with Crippen LogP contribution < -0.4 is 5.73 Å². The van der Waals surface area contributed by atoms with E-state index in [1.807, 2.05) is 36.4 Å². The molecule has 0 fully saturated rings. The second-order valence-corrected chi connectivity index (χ2v) is 3.06. The number of benzene rings is 1. The van der Waals surface area contributed by atoms with Gasteiger partial charge in [0.1, 0.15) is 6.26 Å². The topological polar surface area (TPSA) is 52.0 Å². The van der Waals surface area contributed by atoms with E-state index >= 15 is 0 Å². The molecule has 1 heterocycles. The maximum atomic E-state index is 5.42. The molecule has 0 aliphatic rings. The zero-order valence-electron chi connectivity index (χ0n) is 8.26. The average molecular weight is 200 g/mol. The van der Waals surface area contributed by atoms with Gasteiger partial charge in [0, 0.05) is 12.1 Å². The van der Waals surface area contributed by atoms with Gasteiger partial charge in [-0.25, -0.2) is 4.98 Å². The van der Waals surface area contributed by atoms with Gasteiger partial charge in [0.15, 0.2) is 0 Å². The van der Waals surface area contributed by atoms with Gasteiger partial charge < -0.3 is 10.2 Å². The number of aromatic nitrogens is 1. The number of hydrogen-bond donors (Lipinski definition) is 1. The first-order valence-corrected chi connectivity index (χ1v) is 4.77. The lowest BCUT2D eigenvalue weighted by Crippen LogP contribution is -1.92. The SMILES string of the molecule is NC/C=C/c1ccccc1-c1ncco1. The zero-order chi connectivity index (χ0) is 10.5. The molecule has 2 aromatic rings. The Morgan fingerprint density at radius 3 is 2.93 bits per heavy atom. The van der Waals surface area contributed by atoms with E-state index in [9.17, 15) is 0 Å². The van der Waals surface area contributed by atoms with E-state index in [2.05, 4.69) is 4.98 Å². The lowest BCUT2D eigenvalue weighted by molar-refractivity contribution is 0.574. The Bertz CT molecular complexity index is 446. The van der Waals surface area contributed by atoms with E-state index in [0.717, 1.165) is 11.1 Å². The van der Waals surface area contributed by atoms with Crippen LogP contribution in [0, 0.1) is 0 Å². The highest BCUT2D eigenvalue weighted by Gasteiger charge is 2.05. The standard InChI is InChI=1S/C12H12N2O/c13-7-3-5-10-4-1-2-6-11(10)12-14-8-9-15-12/h1-6,8-9H,7,13H2/b5-3+. The third-order valence-electron chi connectivity index (χ3n) is 2.06. The van der Waals surface area contributed by atoms with Gasteiger partial charge in [-0.05, 0) is 11.6 Å². The fourth-order valence-electron chi connectivity index (χ4n) is 1.39. The minimum absolute atomic E-state index is 0.528. The predicted octanol–water partition coefficient (Wildman–Crippen LogP) is 2.31. The van der Waals surface area contributed by atoms with E-state index in [4.69, 9.17) is 10.2 Å². The Hall–Kier alpha value is -1.87. The Kier molecular flexibility index (Phi) is 2.95. The minimum Gasteiger partial charge on any atom is -0.445 e. The quantitative estimate of drug-likeness (QED) is 0.827. The lowest BCUT2D eigenvalue weighted by atomic mass is 10.1. The second-order valence-electron chi connectivity index (χ2n) is 3.06. The molecular formula is C12H12N2O. The monoisotopic (exact) mass is 200 g/mol. The third kappa shape index (κ3) is 2.14. The summed E-state index contributed by atoms with van der Waals surface area (Å²) >= 11 is 0. The maximum absolute atomic E-state index is 5.42. The van der Waals surface area contributed by atoms with E-state index in [-0.39, 0.29) is 0 Å². The molecule has 0 aliphatic heterocycles. The van der Waals surface area contributed by atoms with E-state index in [1.54, 1.807) is 12.5 Å². The second kappa shape index (κ2) is 4.57. The van der Waals surface area contributed by atoms with Crippen LogP contribution in [-0.4, -0.2) is 11.5 Å². The van der Waals surface area contributed by atoms with Crippen LogP contribution >= 0.6 is 0 Å². The van der Waals surface area contributed by atoms with Crippen LogP contribution in [0.3, 0.4) is 0 Å². The van der Waals surface area contributed by atoms with Gasteiger partial charge in [-0.1, -0.05) is 30.4 Å². The molecule has 0 amide bonds. The molecule has 0 radical (unpaired) electrons. The molecule has 2 N–H and O–H groups in total. The fourth-order valence-corrected chi connectivity index (χ4v) is 1.39. The fraction of sp³-hybridized carbons (Fsp3) is 0.0833. The molecule has 0 saturated carbocycles. The molecule has 15 heavy (non-hydrogen) atoms. The summed E-state index contributed by atoms with van der Waals surface area (Å²) in [5.41, 5.74) is 7.46. The maximum Gasteiger partial charge on any atom is 0.226 e. The highest BCUT2D eigenvalue weighted by molar-refractivity contribution is 5.69. The van der Waals surface area contributed by atoms with Crippen LogP contribution in [0.1, 0.15) is 5.56 Å². The highest BCUT2D eigenvalue weighted by Crippen LogP contribution is 2.22. The van der Waals surface area contributed by atoms with Crippen molar-refractivity contribution in [3.63, 3.8) is 0 Å². The van der Waals surface area contributed by atoms with Gasteiger partial charge in [0.2, 0.25) is 5.89 Å². The molecule has 0 spiro atoms. The largest absolute Gasteiger partial charge is 0.445 e. The van der Waals surface area contributed by atoms with Crippen LogP contribution in [0.5, 0.6) is 0 Å². The molecule has 0 unspecified atom stereocenters. The molecule has 3 nitrogen and oxygen atoms in total. The van der Waals surface area contributed by atoms with Crippen molar-refractivity contribution in [3.8, 4) is 11.5 Å². The van der Waals surface area contributed by atoms with Gasteiger partial charge in [-0.2, -0.15) is 0 Å². The average Bonchev–Trinajstić information content (AvgIpc) is 2.80. The van der Waals surface area contributed by atoms with Crippen molar-refractivity contribution < 1.29 is 4.42 Å². The van der Waals surface area contributed by atoms with Crippen LogP contribution in [0.25, 0.3) is 17.5 Å². The molecule has 0 bridgehead atoms. The Morgan fingerprint density at radius 2 is 2.20 bits per heavy atom. The molecular weight excluding hydrogens is 188 g/mol. The molecule has 3 heteroatoms. The number of rotatable bonds is 3. The summed E-state index contributed by atoms with van der Waals surface area (Å²) in [4.78, 5) is 4.12. The summed E-state index contributed by atoms with van der Waals surface area (Å²) < 4.78 is 5.26. The first kappa shape index (κ1) is 9.68. The molecule has 0 aliphatic carbocycles. The summed E-state index contributed by atoms with van der Waals surface area (Å²) in [7, 11) is 0. The Labute approximate surface area is 88.2 Å². The molecule has 1 aromatic heterocycles. The van der Waals surface area contributed by atoms with E-state index in [0.29, 0.717) is 12.4 Å². The number of nitrogens with two attached hydrogens (primary N) is 1. The number of nitrogens with zero attached hydrogens (tertiary/aromatic N) is 1. The van der Waals surface area contributed by atoms with Gasteiger partial charge >= 0.3 is 0 Å². The Balaban J connectivity index is 2.43. The lowest BCUT2D eigenvalue weighted by Gasteiger charge is -2.00. The normalized spacial score (nSPS) is 11.0. The van der Waals surface area contributed by atoms with E-state index < -0.39 is 0 Å². The van der Waals surface area contributed by atoms with Crippen LogP contribution in [0.2, 0.25) is 0 Å². The van der Waals surface area contributed by atoms with Crippen molar-refractivity contribution in [3.05, 3.63) is 48.4 Å². The zero-order valence-corrected chi connectivity index (χ0v) is 8.26. The van der Waals surface area contributed by atoms with E-state index in [1.165, 1.54) is 0 Å². The van der Waals surface area contributed by atoms with Crippen molar-refractivity contribution >= 4 is 6.08 Å². The molecule has 76 valence electrons. The van der Waals surface area contributed by atoms with Gasteiger partial charge in [0.25, 0.3) is 0 Å². The smallest absolute Gasteiger partial charge is 0.226 e. The van der Waals surface area contributed by atoms with Crippen molar-refractivity contribution in [1.82, 2.24) is 4.98 Å². The van der Waals surface area contributed by atoms with Gasteiger partial charge in [0.05, 0.1) is 6.20 Å². The molecule has 2 rings (SSSR count). The first-order valence-electron chi connectivity index (χ1n) is 4.77. The van der Waals surface area contributed by atoms with Crippen molar-refractivity contribution in [2.45, 2.75) is 0 Å². The summed E-state index contributed by atoms with van der Waals surface area (Å²) in [6.45, 7) is 0.528. The minimum atomic E-state index is 0.528. The van der Waals surface area contributed by atoms with Crippen molar-refractivity contribution in [2.24, 2.45) is 5.73 Å². The van der Waals surface area contributed by atoms with Crippen LogP contribution in [0.4, 0.5) is 0 Å². The number of oxazole rings is 1. The predicted molar refractivity (Wildman–Crippen MR) is 60.0 cm³/mol. The van der Waals surface area contributed by atoms with Crippen molar-refractivity contribution in [1.29, 1.82) is 0 Å². The summed E-state index contributed by atoms with van der Waals surface area (Å²) in [5.74, 6) is 0.632. The summed E-state index contributed by atoms with van der Waals surface area (Å²) in [5, 5.41) is 0. The summed E-state index contributed by atoms with van der Waals surface area (Å²) in [6, 6.07) is 7.91. The number of hydrogen-bond acceptors (Lipinski definition) is 3. The summed E-state index contributed by atoms with van der Waals surface area (Å²) in [6.07, 6.45) is 7.08. The molecule has 0 atom stereocenters. The third-order valence-corrected chi connectivity index (χ3v) is 2.06.